The van der Waals surface area contributed by atoms with E-state index in [0.29, 0.717) is 18.1 Å². The number of rotatable bonds is 5. The van der Waals surface area contributed by atoms with Gasteiger partial charge in [0, 0.05) is 34.8 Å². The predicted octanol–water partition coefficient (Wildman–Crippen LogP) is 4.89. The van der Waals surface area contributed by atoms with E-state index >= 15 is 0 Å². The van der Waals surface area contributed by atoms with Crippen LogP contribution in [0.4, 0.5) is 18.0 Å². The summed E-state index contributed by atoms with van der Waals surface area (Å²) in [5.74, 6) is -1.67. The maximum absolute atomic E-state index is 13.1. The van der Waals surface area contributed by atoms with Crippen LogP contribution in [0, 0.1) is 3.57 Å². The average molecular weight is 597 g/mol. The lowest BCUT2D eigenvalue weighted by Crippen LogP contribution is -2.52. The zero-order chi connectivity index (χ0) is 24.2. The first-order valence-electron chi connectivity index (χ1n) is 9.95. The van der Waals surface area contributed by atoms with Crippen LogP contribution >= 0.6 is 34.2 Å². The first-order valence-corrected chi connectivity index (χ1v) is 11.4. The molecule has 1 aliphatic heterocycles. The highest BCUT2D eigenvalue weighted by molar-refractivity contribution is 14.1. The Bertz CT molecular complexity index is 920. The Morgan fingerprint density at radius 2 is 1.48 bits per heavy atom. The van der Waals surface area contributed by atoms with E-state index in [1.807, 2.05) is 36.4 Å². The second-order valence-electron chi connectivity index (χ2n) is 7.36. The molecule has 0 bridgehead atoms. The molecule has 1 fully saturated rings. The van der Waals surface area contributed by atoms with Crippen LogP contribution in [0.1, 0.15) is 17.2 Å². The molecule has 0 spiro atoms. The molecule has 2 unspecified atom stereocenters. The molecule has 33 heavy (non-hydrogen) atoms. The molecular formula is C22H21ClF3IN2O4. The number of halogens is 5. The second-order valence-corrected chi connectivity index (χ2v) is 9.04. The van der Waals surface area contributed by atoms with E-state index in [-0.39, 0.29) is 19.1 Å². The number of nitrogens with zero attached hydrogens (tertiary/aromatic N) is 2. The van der Waals surface area contributed by atoms with Crippen LogP contribution in [-0.2, 0) is 14.3 Å². The topological polar surface area (TPSA) is 59.1 Å². The molecule has 2 atom stereocenters. The molecule has 1 heterocycles. The lowest BCUT2D eigenvalue weighted by Gasteiger charge is -2.39. The number of amides is 1. The Hall–Kier alpha value is -2.05. The molecule has 11 heteroatoms. The highest BCUT2D eigenvalue weighted by Crippen LogP contribution is 2.31. The smallest absolute Gasteiger partial charge is 0.436 e. The molecule has 178 valence electrons. The monoisotopic (exact) mass is 596 g/mol. The van der Waals surface area contributed by atoms with Gasteiger partial charge in [-0.3, -0.25) is 4.90 Å². The van der Waals surface area contributed by atoms with Gasteiger partial charge in [0.1, 0.15) is 0 Å². The van der Waals surface area contributed by atoms with Crippen LogP contribution in [0.5, 0.6) is 0 Å². The van der Waals surface area contributed by atoms with Crippen LogP contribution in [0.15, 0.2) is 48.5 Å². The van der Waals surface area contributed by atoms with Gasteiger partial charge in [-0.1, -0.05) is 35.9 Å². The van der Waals surface area contributed by atoms with Crippen molar-refractivity contribution in [2.24, 2.45) is 0 Å². The van der Waals surface area contributed by atoms with E-state index in [2.05, 4.69) is 37.0 Å². The zero-order valence-corrected chi connectivity index (χ0v) is 20.4. The van der Waals surface area contributed by atoms with Crippen LogP contribution in [0.2, 0.25) is 5.02 Å². The van der Waals surface area contributed by atoms with Crippen molar-refractivity contribution in [1.29, 1.82) is 0 Å². The Morgan fingerprint density at radius 1 is 0.970 bits per heavy atom. The van der Waals surface area contributed by atoms with Crippen molar-refractivity contribution in [2.45, 2.75) is 18.3 Å². The van der Waals surface area contributed by atoms with Gasteiger partial charge in [0.2, 0.25) is 0 Å². The molecular weight excluding hydrogens is 576 g/mol. The van der Waals surface area contributed by atoms with E-state index in [0.717, 1.165) is 26.7 Å². The van der Waals surface area contributed by atoms with Gasteiger partial charge in [-0.25, -0.2) is 9.59 Å². The molecule has 0 aromatic heterocycles. The van der Waals surface area contributed by atoms with Crippen molar-refractivity contribution in [3.63, 3.8) is 0 Å². The summed E-state index contributed by atoms with van der Waals surface area (Å²) in [5.41, 5.74) is 2.04. The minimum absolute atomic E-state index is 0.129. The number of hydrogen-bond donors (Lipinski definition) is 0. The Morgan fingerprint density at radius 3 is 1.97 bits per heavy atom. The van der Waals surface area contributed by atoms with Gasteiger partial charge in [0.15, 0.2) is 0 Å². The molecule has 0 N–H and O–H groups in total. The fraction of sp³-hybridized carbons (Fsp3) is 0.364. The van der Waals surface area contributed by atoms with Crippen molar-refractivity contribution in [1.82, 2.24) is 9.80 Å². The molecule has 6 nitrogen and oxygen atoms in total. The molecule has 0 aliphatic carbocycles. The maximum Gasteiger partial charge on any atom is 0.436 e. The van der Waals surface area contributed by atoms with Crippen LogP contribution in [0.25, 0.3) is 0 Å². The summed E-state index contributed by atoms with van der Waals surface area (Å²) in [6, 6.07) is 15.4. The number of methoxy groups -OCH3 is 1. The van der Waals surface area contributed by atoms with Gasteiger partial charge in [-0.15, -0.1) is 0 Å². The number of alkyl halides is 3. The van der Waals surface area contributed by atoms with Gasteiger partial charge >= 0.3 is 18.2 Å². The third-order valence-corrected chi connectivity index (χ3v) is 6.21. The lowest BCUT2D eigenvalue weighted by atomic mass is 9.96. The largest absolute Gasteiger partial charge is 0.466 e. The number of benzene rings is 2. The third kappa shape index (κ3) is 6.51. The number of hydrogen-bond acceptors (Lipinski definition) is 5. The molecule has 1 saturated heterocycles. The number of ether oxygens (including phenoxy) is 2. The van der Waals surface area contributed by atoms with Gasteiger partial charge in [-0.2, -0.15) is 13.2 Å². The number of piperazine rings is 1. The lowest BCUT2D eigenvalue weighted by molar-refractivity contribution is -0.217. The fourth-order valence-corrected chi connectivity index (χ4v) is 4.08. The summed E-state index contributed by atoms with van der Waals surface area (Å²) >= 11 is 8.27. The summed E-state index contributed by atoms with van der Waals surface area (Å²) < 4.78 is 48.9. The maximum atomic E-state index is 13.1. The second kappa shape index (κ2) is 10.9. The zero-order valence-electron chi connectivity index (χ0n) is 17.5. The highest BCUT2D eigenvalue weighted by atomic mass is 127. The minimum atomic E-state index is -5.06. The Balaban J connectivity index is 1.73. The van der Waals surface area contributed by atoms with Gasteiger partial charge in [-0.05, 0) is 58.0 Å². The summed E-state index contributed by atoms with van der Waals surface area (Å²) in [6.07, 6.45) is -9.23. The molecule has 1 amide bonds. The van der Waals surface area contributed by atoms with E-state index in [1.54, 1.807) is 12.1 Å². The van der Waals surface area contributed by atoms with Gasteiger partial charge in [0.25, 0.3) is 6.10 Å². The van der Waals surface area contributed by atoms with Crippen molar-refractivity contribution in [2.75, 3.05) is 33.3 Å². The van der Waals surface area contributed by atoms with Crippen molar-refractivity contribution >= 4 is 46.3 Å². The van der Waals surface area contributed by atoms with Crippen molar-refractivity contribution in [3.05, 3.63) is 68.3 Å². The number of esters is 1. The predicted molar refractivity (Wildman–Crippen MR) is 124 cm³/mol. The highest BCUT2D eigenvalue weighted by Gasteiger charge is 2.50. The van der Waals surface area contributed by atoms with E-state index in [9.17, 15) is 22.8 Å². The van der Waals surface area contributed by atoms with Crippen LogP contribution in [0.3, 0.4) is 0 Å². The fourth-order valence-electron chi connectivity index (χ4n) is 3.60. The molecule has 0 saturated carbocycles. The quantitative estimate of drug-likeness (QED) is 0.364. The number of carbonyl (C=O) groups excluding carboxylic acids is 2. The van der Waals surface area contributed by atoms with E-state index in [1.165, 1.54) is 0 Å². The molecule has 3 rings (SSSR count). The molecule has 1 aliphatic rings. The van der Waals surface area contributed by atoms with Gasteiger partial charge < -0.3 is 14.4 Å². The molecule has 2 aromatic rings. The van der Waals surface area contributed by atoms with Crippen LogP contribution < -0.4 is 0 Å². The van der Waals surface area contributed by atoms with Crippen molar-refractivity contribution < 1.29 is 32.2 Å². The number of carbonyl (C=O) groups is 2. The van der Waals surface area contributed by atoms with E-state index < -0.39 is 24.3 Å². The third-order valence-electron chi connectivity index (χ3n) is 5.24. The summed E-state index contributed by atoms with van der Waals surface area (Å²) in [6.45, 7) is 1.06. The first kappa shape index (κ1) is 25.6. The van der Waals surface area contributed by atoms with Crippen molar-refractivity contribution in [3.8, 4) is 0 Å². The molecule has 2 aromatic carbocycles. The molecule has 0 radical (unpaired) electrons. The van der Waals surface area contributed by atoms with Gasteiger partial charge in [0.05, 0.1) is 13.2 Å². The average Bonchev–Trinajstić information content (AvgIpc) is 2.79. The standard InChI is InChI=1S/C22H21ClF3IN2O4/c1-32-20(30)19(22(24,25)26)33-21(31)29-12-10-28(11-13-29)18(14-2-6-16(23)7-3-14)15-4-8-17(27)9-5-15/h2-9,18-19H,10-13H2,1H3. The normalized spacial score (nSPS) is 16.7. The minimum Gasteiger partial charge on any atom is -0.466 e. The SMILES string of the molecule is COC(=O)C(OC(=O)N1CCN(C(c2ccc(Cl)cc2)c2ccc(I)cc2)CC1)C(F)(F)F. The summed E-state index contributed by atoms with van der Waals surface area (Å²) in [5, 5.41) is 0.609. The van der Waals surface area contributed by atoms with Crippen LogP contribution in [-0.4, -0.2) is 67.4 Å². The summed E-state index contributed by atoms with van der Waals surface area (Å²) in [7, 11) is 0.801. The summed E-state index contributed by atoms with van der Waals surface area (Å²) in [4.78, 5) is 27.0. The Labute approximate surface area is 207 Å². The van der Waals surface area contributed by atoms with E-state index in [4.69, 9.17) is 11.6 Å². The first-order chi connectivity index (χ1) is 15.6. The Kier molecular flexibility index (Phi) is 8.46.